The molecule has 1 saturated heterocycles. The molecule has 1 aliphatic heterocycles. The van der Waals surface area contributed by atoms with Gasteiger partial charge in [0.25, 0.3) is 0 Å². The summed E-state index contributed by atoms with van der Waals surface area (Å²) in [7, 11) is 1.16. The fourth-order valence-corrected chi connectivity index (χ4v) is 6.28. The van der Waals surface area contributed by atoms with E-state index < -0.39 is 41.0 Å². The number of nitrogens with one attached hydrogen (secondary N) is 1. The lowest BCUT2D eigenvalue weighted by Gasteiger charge is -2.41. The molecule has 0 saturated carbocycles. The standard InChI is InChI=1S/C34H35ClF2N10O4/c1-18(2)27(32(48)50-3)45-33(49)51-29-21(36)10-19(11-22(29)37)23-12-20(14-47-17-43-28-30(38)41-16-42-31(28)47)24(13-40-23)46-9-5-8-34(39,15-46)25-6-4-7-26(35)44-25/h4,6-7,10-13,16-18,27H,5,8-9,14-15,39H2,1-3H3,(H,45,49)(H2,38,41,42)/t27-,34+/m0/s1. The van der Waals surface area contributed by atoms with Crippen LogP contribution in [-0.2, 0) is 21.6 Å². The lowest BCUT2D eigenvalue weighted by molar-refractivity contribution is -0.144. The fraction of sp³-hybridized carbons (Fsp3) is 0.324. The van der Waals surface area contributed by atoms with Gasteiger partial charge in [0.05, 0.1) is 48.8 Å². The lowest BCUT2D eigenvalue weighted by Crippen LogP contribution is -2.52. The van der Waals surface area contributed by atoms with Crippen molar-refractivity contribution in [3.8, 4) is 17.0 Å². The number of hydrogen-bond acceptors (Lipinski definition) is 12. The Bertz CT molecular complexity index is 2090. The van der Waals surface area contributed by atoms with Gasteiger partial charge in [-0.3, -0.25) is 4.98 Å². The smallest absolute Gasteiger partial charge is 0.413 e. The Morgan fingerprint density at radius 2 is 1.88 bits per heavy atom. The molecule has 5 heterocycles. The average molecular weight is 721 g/mol. The molecule has 2 atom stereocenters. The highest BCUT2D eigenvalue weighted by Crippen LogP contribution is 2.36. The largest absolute Gasteiger partial charge is 0.467 e. The minimum absolute atomic E-state index is 0.0807. The van der Waals surface area contributed by atoms with E-state index in [2.05, 4.69) is 39.9 Å². The van der Waals surface area contributed by atoms with E-state index >= 15 is 8.78 Å². The molecule has 1 aromatic carbocycles. The Morgan fingerprint density at radius 3 is 2.59 bits per heavy atom. The number of fused-ring (bicyclic) bond motifs is 1. The van der Waals surface area contributed by atoms with Crippen molar-refractivity contribution in [2.24, 2.45) is 11.7 Å². The van der Waals surface area contributed by atoms with Crippen LogP contribution >= 0.6 is 11.6 Å². The Hall–Kier alpha value is -5.48. The number of nitrogens with two attached hydrogens (primary N) is 2. The molecule has 6 rings (SSSR count). The van der Waals surface area contributed by atoms with Crippen LogP contribution in [0.25, 0.3) is 22.4 Å². The molecule has 51 heavy (non-hydrogen) atoms. The summed E-state index contributed by atoms with van der Waals surface area (Å²) in [5.41, 5.74) is 15.5. The minimum Gasteiger partial charge on any atom is -0.467 e. The highest BCUT2D eigenvalue weighted by Gasteiger charge is 2.36. The van der Waals surface area contributed by atoms with E-state index in [-0.39, 0.29) is 29.5 Å². The number of pyridine rings is 2. The molecule has 4 aromatic heterocycles. The highest BCUT2D eigenvalue weighted by atomic mass is 35.5. The molecule has 1 aliphatic rings. The minimum atomic E-state index is -1.23. The van der Waals surface area contributed by atoms with Gasteiger partial charge in [0.2, 0.25) is 5.75 Å². The van der Waals surface area contributed by atoms with Crippen molar-refractivity contribution < 1.29 is 27.8 Å². The number of nitrogen functional groups attached to an aromatic ring is 1. The summed E-state index contributed by atoms with van der Waals surface area (Å²) >= 11 is 6.21. The number of esters is 1. The summed E-state index contributed by atoms with van der Waals surface area (Å²) in [6.45, 7) is 4.59. The van der Waals surface area contributed by atoms with Gasteiger partial charge in [0.1, 0.15) is 23.0 Å². The van der Waals surface area contributed by atoms with E-state index in [4.69, 9.17) is 27.8 Å². The van der Waals surface area contributed by atoms with Crippen LogP contribution in [0.15, 0.2) is 55.2 Å². The molecule has 1 amide bonds. The Kier molecular flexibility index (Phi) is 9.98. The number of hydrogen-bond donors (Lipinski definition) is 3. The van der Waals surface area contributed by atoms with Crippen LogP contribution in [0, 0.1) is 17.6 Å². The molecule has 1 fully saturated rings. The van der Waals surface area contributed by atoms with Gasteiger partial charge in [-0.1, -0.05) is 31.5 Å². The Labute approximate surface area is 296 Å². The number of imidazole rings is 1. The molecule has 5 aromatic rings. The third-order valence-corrected chi connectivity index (χ3v) is 8.92. The van der Waals surface area contributed by atoms with E-state index in [0.29, 0.717) is 47.1 Å². The lowest BCUT2D eigenvalue weighted by atomic mass is 9.86. The van der Waals surface area contributed by atoms with Gasteiger partial charge in [-0.05, 0) is 54.7 Å². The van der Waals surface area contributed by atoms with Crippen LogP contribution in [0.5, 0.6) is 5.75 Å². The van der Waals surface area contributed by atoms with E-state index in [1.54, 1.807) is 43.1 Å². The number of nitrogens with zero attached hydrogens (tertiary/aromatic N) is 7. The van der Waals surface area contributed by atoms with Gasteiger partial charge in [0.15, 0.2) is 23.1 Å². The maximum absolute atomic E-state index is 15.4. The second-order valence-electron chi connectivity index (χ2n) is 12.6. The van der Waals surface area contributed by atoms with Crippen LogP contribution in [0.1, 0.15) is 37.9 Å². The number of methoxy groups -OCH3 is 1. The van der Waals surface area contributed by atoms with E-state index in [1.165, 1.54) is 6.33 Å². The first kappa shape index (κ1) is 35.3. The molecule has 266 valence electrons. The molecule has 14 nitrogen and oxygen atoms in total. The van der Waals surface area contributed by atoms with Gasteiger partial charge in [0, 0.05) is 18.7 Å². The van der Waals surface area contributed by atoms with Crippen molar-refractivity contribution in [3.05, 3.63) is 83.3 Å². The van der Waals surface area contributed by atoms with Crippen molar-refractivity contribution >= 4 is 46.3 Å². The number of benzene rings is 1. The number of anilines is 2. The van der Waals surface area contributed by atoms with Gasteiger partial charge in [-0.15, -0.1) is 0 Å². The third-order valence-electron chi connectivity index (χ3n) is 8.71. The van der Waals surface area contributed by atoms with Crippen LogP contribution in [0.3, 0.4) is 0 Å². The zero-order valence-electron chi connectivity index (χ0n) is 27.9. The van der Waals surface area contributed by atoms with Gasteiger partial charge >= 0.3 is 12.1 Å². The number of halogens is 3. The molecule has 0 spiro atoms. The molecule has 0 bridgehead atoms. The summed E-state index contributed by atoms with van der Waals surface area (Å²) in [5, 5.41) is 2.63. The van der Waals surface area contributed by atoms with Crippen LogP contribution in [-0.4, -0.2) is 67.8 Å². The first-order chi connectivity index (χ1) is 24.4. The number of carbonyl (C=O) groups excluding carboxylic acids is 2. The molecule has 5 N–H and O–H groups in total. The average Bonchev–Trinajstić information content (AvgIpc) is 3.52. The number of carbonyl (C=O) groups is 2. The Morgan fingerprint density at radius 1 is 1.12 bits per heavy atom. The van der Waals surface area contributed by atoms with Crippen molar-refractivity contribution in [2.45, 2.75) is 44.8 Å². The summed E-state index contributed by atoms with van der Waals surface area (Å²) in [4.78, 5) is 48.5. The van der Waals surface area contributed by atoms with E-state index in [9.17, 15) is 9.59 Å². The molecular formula is C34H35ClF2N10O4. The molecular weight excluding hydrogens is 686 g/mol. The Balaban J connectivity index is 1.35. The maximum Gasteiger partial charge on any atom is 0.413 e. The van der Waals surface area contributed by atoms with E-state index in [0.717, 1.165) is 31.4 Å². The van der Waals surface area contributed by atoms with E-state index in [1.807, 2.05) is 12.1 Å². The summed E-state index contributed by atoms with van der Waals surface area (Å²) in [5.74, 6) is -4.14. The van der Waals surface area contributed by atoms with Crippen molar-refractivity contribution in [1.82, 2.24) is 34.8 Å². The zero-order chi connectivity index (χ0) is 36.4. The maximum atomic E-state index is 15.4. The predicted octanol–water partition coefficient (Wildman–Crippen LogP) is 4.59. The summed E-state index contributed by atoms with van der Waals surface area (Å²) < 4.78 is 42.2. The number of aromatic nitrogens is 6. The van der Waals surface area contributed by atoms with Crippen molar-refractivity contribution in [3.63, 3.8) is 0 Å². The zero-order valence-corrected chi connectivity index (χ0v) is 28.7. The number of rotatable bonds is 9. The second kappa shape index (κ2) is 14.4. The van der Waals surface area contributed by atoms with Gasteiger partial charge in [-0.2, -0.15) is 0 Å². The molecule has 17 heteroatoms. The van der Waals surface area contributed by atoms with Crippen LogP contribution in [0.2, 0.25) is 5.15 Å². The number of piperidine rings is 1. The normalized spacial score (nSPS) is 16.7. The van der Waals surface area contributed by atoms with Crippen LogP contribution in [0.4, 0.5) is 25.1 Å². The highest BCUT2D eigenvalue weighted by molar-refractivity contribution is 6.29. The molecule has 0 radical (unpaired) electrons. The van der Waals surface area contributed by atoms with Crippen molar-refractivity contribution in [1.29, 1.82) is 0 Å². The topological polar surface area (TPSA) is 189 Å². The first-order valence-corrected chi connectivity index (χ1v) is 16.4. The summed E-state index contributed by atoms with van der Waals surface area (Å²) in [6.07, 6.45) is 4.74. The van der Waals surface area contributed by atoms with Crippen molar-refractivity contribution in [2.75, 3.05) is 30.8 Å². The second-order valence-corrected chi connectivity index (χ2v) is 13.0. The molecule has 0 aliphatic carbocycles. The summed E-state index contributed by atoms with van der Waals surface area (Å²) in [6, 6.07) is 7.99. The van der Waals surface area contributed by atoms with Gasteiger partial charge in [-0.25, -0.2) is 38.3 Å². The van der Waals surface area contributed by atoms with Gasteiger partial charge < -0.3 is 35.7 Å². The molecule has 0 unspecified atom stereocenters. The number of amides is 1. The fourth-order valence-electron chi connectivity index (χ4n) is 6.12. The quantitative estimate of drug-likeness (QED) is 0.142. The monoisotopic (exact) mass is 720 g/mol. The first-order valence-electron chi connectivity index (χ1n) is 16.0. The van der Waals surface area contributed by atoms with Crippen LogP contribution < -0.4 is 26.4 Å². The third kappa shape index (κ3) is 7.37. The predicted molar refractivity (Wildman–Crippen MR) is 185 cm³/mol. The SMILES string of the molecule is COC(=O)[C@@H](NC(=O)Oc1c(F)cc(-c2cc(Cn3cnc4c(N)ncnc43)c(N3CCC[C@](N)(c4cccc(Cl)n4)C3)cn2)cc1F)C(C)C. The number of ether oxygens (including phenoxy) is 2.